The van der Waals surface area contributed by atoms with Gasteiger partial charge in [-0.1, -0.05) is 0 Å². The Hall–Kier alpha value is -2.72. The molecule has 7 heteroatoms. The van der Waals surface area contributed by atoms with Gasteiger partial charge in [-0.05, 0) is 44.0 Å². The fourth-order valence-electron chi connectivity index (χ4n) is 2.37. The Morgan fingerprint density at radius 3 is 2.68 bits per heavy atom. The molecule has 1 fully saturated rings. The number of ether oxygens (including phenoxy) is 3. The molecule has 1 aliphatic heterocycles. The highest BCUT2D eigenvalue weighted by Crippen LogP contribution is 2.17. The van der Waals surface area contributed by atoms with Crippen LogP contribution in [0.1, 0.15) is 30.1 Å². The first-order chi connectivity index (χ1) is 12.0. The molecule has 0 aromatic heterocycles. The third kappa shape index (κ3) is 5.40. The van der Waals surface area contributed by atoms with E-state index in [1.807, 2.05) is 0 Å². The maximum atomic E-state index is 11.9. The number of nitrogens with zero attached hydrogens (tertiary/aromatic N) is 1. The van der Waals surface area contributed by atoms with Gasteiger partial charge in [0.2, 0.25) is 0 Å². The van der Waals surface area contributed by atoms with Crippen LogP contribution in [0.25, 0.3) is 0 Å². The Labute approximate surface area is 146 Å². The van der Waals surface area contributed by atoms with Crippen LogP contribution in [-0.4, -0.2) is 43.4 Å². The molecule has 7 nitrogen and oxygen atoms in total. The number of rotatable bonds is 8. The summed E-state index contributed by atoms with van der Waals surface area (Å²) in [6, 6.07) is 8.10. The molecule has 1 heterocycles. The van der Waals surface area contributed by atoms with Crippen molar-refractivity contribution >= 4 is 17.5 Å². The Balaban J connectivity index is 1.82. The summed E-state index contributed by atoms with van der Waals surface area (Å²) in [6.45, 7) is 2.06. The molecule has 1 aromatic rings. The van der Waals surface area contributed by atoms with Crippen LogP contribution in [0.4, 0.5) is 0 Å². The fraction of sp³-hybridized carbons (Fsp3) is 0.444. The van der Waals surface area contributed by atoms with Gasteiger partial charge in [0, 0.05) is 12.3 Å². The van der Waals surface area contributed by atoms with Gasteiger partial charge in [0.05, 0.1) is 17.7 Å². The first-order valence-corrected chi connectivity index (χ1v) is 8.00. The van der Waals surface area contributed by atoms with E-state index in [0.29, 0.717) is 12.4 Å². The lowest BCUT2D eigenvalue weighted by Crippen LogP contribution is -2.25. The van der Waals surface area contributed by atoms with E-state index in [1.54, 1.807) is 30.3 Å². The predicted molar refractivity (Wildman–Crippen MR) is 88.7 cm³/mol. The number of nitrogens with one attached hydrogen (secondary N) is 1. The zero-order valence-electron chi connectivity index (χ0n) is 14.0. The van der Waals surface area contributed by atoms with Gasteiger partial charge in [-0.2, -0.15) is 5.26 Å². The van der Waals surface area contributed by atoms with E-state index < -0.39 is 24.3 Å². The molecular formula is C18H20N2O5. The molecule has 1 aliphatic rings. The molecule has 25 heavy (non-hydrogen) atoms. The maximum Gasteiger partial charge on any atom is 0.338 e. The minimum atomic E-state index is -1.18. The molecule has 2 rings (SSSR count). The Bertz CT molecular complexity index is 672. The first-order valence-electron chi connectivity index (χ1n) is 8.00. The van der Waals surface area contributed by atoms with Crippen LogP contribution in [0.3, 0.4) is 0 Å². The van der Waals surface area contributed by atoms with Crippen LogP contribution >= 0.6 is 0 Å². The number of carbonyl (C=O) groups excluding carboxylic acids is 2. The van der Waals surface area contributed by atoms with Crippen molar-refractivity contribution in [2.24, 2.45) is 5.92 Å². The van der Waals surface area contributed by atoms with Crippen molar-refractivity contribution in [2.75, 3.05) is 19.8 Å². The summed E-state index contributed by atoms with van der Waals surface area (Å²) in [4.78, 5) is 23.7. The topological polar surface area (TPSA) is 109 Å². The fourth-order valence-corrected chi connectivity index (χ4v) is 2.37. The minimum Gasteiger partial charge on any atom is -0.491 e. The summed E-state index contributed by atoms with van der Waals surface area (Å²) in [5.41, 5.74) is 0.202. The number of carbonyl (C=O) groups is 2. The number of ketones is 1. The number of esters is 1. The number of benzene rings is 1. The van der Waals surface area contributed by atoms with Crippen molar-refractivity contribution in [1.82, 2.24) is 0 Å². The minimum absolute atomic E-state index is 0.0729. The molecule has 1 aromatic carbocycles. The lowest BCUT2D eigenvalue weighted by atomic mass is 10.0. The normalized spacial score (nSPS) is 17.4. The second-order valence-corrected chi connectivity index (χ2v) is 5.76. The highest BCUT2D eigenvalue weighted by Gasteiger charge is 2.22. The number of hydrogen-bond acceptors (Lipinski definition) is 7. The van der Waals surface area contributed by atoms with Gasteiger partial charge in [0.1, 0.15) is 18.3 Å². The molecule has 0 amide bonds. The molecule has 1 N–H and O–H groups in total. The molecule has 0 spiro atoms. The van der Waals surface area contributed by atoms with E-state index in [-0.39, 0.29) is 17.4 Å². The van der Waals surface area contributed by atoms with Crippen molar-refractivity contribution in [2.45, 2.75) is 25.9 Å². The van der Waals surface area contributed by atoms with E-state index in [1.165, 1.54) is 6.92 Å². The van der Waals surface area contributed by atoms with E-state index in [4.69, 9.17) is 24.9 Å². The van der Waals surface area contributed by atoms with Gasteiger partial charge in [-0.25, -0.2) is 4.79 Å². The van der Waals surface area contributed by atoms with E-state index in [9.17, 15) is 9.59 Å². The van der Waals surface area contributed by atoms with Crippen LogP contribution in [0, 0.1) is 22.7 Å². The predicted octanol–water partition coefficient (Wildman–Crippen LogP) is 2.15. The number of hydrogen-bond donors (Lipinski definition) is 1. The highest BCUT2D eigenvalue weighted by atomic mass is 16.5. The van der Waals surface area contributed by atoms with Crippen LogP contribution < -0.4 is 4.74 Å². The Kier molecular flexibility index (Phi) is 6.66. The summed E-state index contributed by atoms with van der Waals surface area (Å²) >= 11 is 0. The van der Waals surface area contributed by atoms with Gasteiger partial charge in [-0.3, -0.25) is 4.79 Å². The second kappa shape index (κ2) is 8.94. The highest BCUT2D eigenvalue weighted by molar-refractivity contribution is 6.06. The summed E-state index contributed by atoms with van der Waals surface area (Å²) < 4.78 is 16.0. The number of nitriles is 1. The van der Waals surface area contributed by atoms with Crippen molar-refractivity contribution in [3.63, 3.8) is 0 Å². The zero-order valence-corrected chi connectivity index (χ0v) is 14.0. The zero-order chi connectivity index (χ0) is 18.2. The van der Waals surface area contributed by atoms with Gasteiger partial charge < -0.3 is 19.6 Å². The molecule has 2 atom stereocenters. The van der Waals surface area contributed by atoms with Crippen LogP contribution in [-0.2, 0) is 14.3 Å². The lowest BCUT2D eigenvalue weighted by molar-refractivity contribution is -0.122. The molecule has 132 valence electrons. The quantitative estimate of drug-likeness (QED) is 0.571. The first kappa shape index (κ1) is 18.6. The van der Waals surface area contributed by atoms with Gasteiger partial charge in [-0.15, -0.1) is 0 Å². The van der Waals surface area contributed by atoms with Gasteiger partial charge >= 0.3 is 5.97 Å². The largest absolute Gasteiger partial charge is 0.491 e. The van der Waals surface area contributed by atoms with E-state index in [2.05, 4.69) is 0 Å². The third-order valence-electron chi connectivity index (χ3n) is 3.78. The third-order valence-corrected chi connectivity index (χ3v) is 3.78. The van der Waals surface area contributed by atoms with Crippen molar-refractivity contribution in [3.05, 3.63) is 29.8 Å². The van der Waals surface area contributed by atoms with E-state index >= 15 is 0 Å². The van der Waals surface area contributed by atoms with Crippen molar-refractivity contribution < 1.29 is 23.8 Å². The maximum absolute atomic E-state index is 11.9. The van der Waals surface area contributed by atoms with Crippen LogP contribution in [0.15, 0.2) is 24.3 Å². The van der Waals surface area contributed by atoms with Gasteiger partial charge in [0.15, 0.2) is 12.4 Å². The Morgan fingerprint density at radius 2 is 2.12 bits per heavy atom. The monoisotopic (exact) mass is 344 g/mol. The standard InChI is InChI=1S/C18H20N2O5/c1-12(20)16(9-19)17(21)11-25-18(22)13-4-6-14(7-5-13)24-10-15-3-2-8-23-15/h4-7,15-16,20H,2-3,8,10-11H2,1H3/t15-,16?/m1/s1. The molecule has 0 saturated carbocycles. The molecular weight excluding hydrogens is 324 g/mol. The van der Waals surface area contributed by atoms with Crippen LogP contribution in [0.5, 0.6) is 5.75 Å². The molecule has 1 saturated heterocycles. The average Bonchev–Trinajstić information content (AvgIpc) is 3.12. The van der Waals surface area contributed by atoms with Crippen LogP contribution in [0.2, 0.25) is 0 Å². The number of Topliss-reactive ketones (excluding diaryl/α,β-unsaturated/α-hetero) is 1. The SMILES string of the molecule is CC(=N)C(C#N)C(=O)COC(=O)c1ccc(OC[C@H]2CCCO2)cc1. The lowest BCUT2D eigenvalue weighted by Gasteiger charge is -2.11. The molecule has 0 radical (unpaired) electrons. The van der Waals surface area contributed by atoms with Crippen molar-refractivity contribution in [1.29, 1.82) is 10.7 Å². The van der Waals surface area contributed by atoms with Crippen molar-refractivity contribution in [3.8, 4) is 11.8 Å². The average molecular weight is 344 g/mol. The van der Waals surface area contributed by atoms with E-state index in [0.717, 1.165) is 19.4 Å². The Morgan fingerprint density at radius 1 is 1.40 bits per heavy atom. The molecule has 0 aliphatic carbocycles. The smallest absolute Gasteiger partial charge is 0.338 e. The summed E-state index contributed by atoms with van der Waals surface area (Å²) in [6.07, 6.45) is 2.14. The summed E-state index contributed by atoms with van der Waals surface area (Å²) in [7, 11) is 0. The summed E-state index contributed by atoms with van der Waals surface area (Å²) in [5.74, 6) is -1.84. The van der Waals surface area contributed by atoms with Gasteiger partial charge in [0.25, 0.3) is 0 Å². The molecule has 1 unspecified atom stereocenters. The summed E-state index contributed by atoms with van der Waals surface area (Å²) in [5, 5.41) is 16.2. The molecule has 0 bridgehead atoms. The second-order valence-electron chi connectivity index (χ2n) is 5.76.